The monoisotopic (exact) mass is 231 g/mol. The van der Waals surface area contributed by atoms with E-state index in [4.69, 9.17) is 0 Å². The van der Waals surface area contributed by atoms with Crippen molar-refractivity contribution in [1.29, 1.82) is 0 Å². The van der Waals surface area contributed by atoms with Crippen LogP contribution >= 0.6 is 0 Å². The number of nitrogens with zero attached hydrogens (tertiary/aromatic N) is 1. The van der Waals surface area contributed by atoms with E-state index in [1.165, 1.54) is 4.90 Å². The average molecular weight is 231 g/mol. The molecule has 0 radical (unpaired) electrons. The molecule has 17 heavy (non-hydrogen) atoms. The highest BCUT2D eigenvalue weighted by molar-refractivity contribution is 6.10. The number of imide groups is 1. The number of fused-ring (bicyclic) bond motifs is 1. The van der Waals surface area contributed by atoms with Crippen molar-refractivity contribution < 1.29 is 14.7 Å². The van der Waals surface area contributed by atoms with Crippen LogP contribution in [0.4, 0.5) is 0 Å². The van der Waals surface area contributed by atoms with Crippen LogP contribution in [-0.4, -0.2) is 34.0 Å². The Kier molecular flexibility index (Phi) is 2.10. The molecule has 0 bridgehead atoms. The summed E-state index contributed by atoms with van der Waals surface area (Å²) < 4.78 is 0. The zero-order valence-electron chi connectivity index (χ0n) is 9.35. The molecule has 0 spiro atoms. The summed E-state index contributed by atoms with van der Waals surface area (Å²) >= 11 is 0. The minimum Gasteiger partial charge on any atom is -0.394 e. The van der Waals surface area contributed by atoms with E-state index >= 15 is 0 Å². The second kappa shape index (κ2) is 3.40. The van der Waals surface area contributed by atoms with Crippen LogP contribution in [0.2, 0.25) is 0 Å². The summed E-state index contributed by atoms with van der Waals surface area (Å²) in [6.45, 7) is -0.132. The molecule has 1 N–H and O–H groups in total. The summed E-state index contributed by atoms with van der Waals surface area (Å²) in [5, 5.41) is 9.35. The molecule has 1 aliphatic carbocycles. The van der Waals surface area contributed by atoms with E-state index in [-0.39, 0.29) is 24.8 Å². The number of hydrogen-bond donors (Lipinski definition) is 1. The lowest BCUT2D eigenvalue weighted by Crippen LogP contribution is -2.51. The zero-order valence-corrected chi connectivity index (χ0v) is 9.35. The lowest BCUT2D eigenvalue weighted by molar-refractivity contribution is -0.131. The summed E-state index contributed by atoms with van der Waals surface area (Å²) in [6.07, 6.45) is 1.68. The van der Waals surface area contributed by atoms with E-state index in [1.807, 2.05) is 6.07 Å². The number of aliphatic hydroxyl groups is 1. The van der Waals surface area contributed by atoms with Gasteiger partial charge in [0.2, 0.25) is 5.91 Å². The van der Waals surface area contributed by atoms with Crippen molar-refractivity contribution in [2.24, 2.45) is 0 Å². The van der Waals surface area contributed by atoms with Gasteiger partial charge in [0.25, 0.3) is 5.91 Å². The second-order valence-electron chi connectivity index (χ2n) is 4.75. The van der Waals surface area contributed by atoms with Crippen molar-refractivity contribution in [2.75, 3.05) is 6.61 Å². The maximum atomic E-state index is 12.3. The quantitative estimate of drug-likeness (QED) is 0.764. The Hall–Kier alpha value is -1.68. The third kappa shape index (κ3) is 1.41. The van der Waals surface area contributed by atoms with Gasteiger partial charge in [-0.05, 0) is 24.5 Å². The second-order valence-corrected chi connectivity index (χ2v) is 4.75. The molecule has 0 saturated heterocycles. The first-order valence-electron chi connectivity index (χ1n) is 5.74. The largest absolute Gasteiger partial charge is 0.394 e. The molecule has 3 rings (SSSR count). The van der Waals surface area contributed by atoms with Gasteiger partial charge in [0, 0.05) is 5.56 Å². The molecule has 1 fully saturated rings. The summed E-state index contributed by atoms with van der Waals surface area (Å²) in [5.74, 6) is -0.455. The van der Waals surface area contributed by atoms with Gasteiger partial charge >= 0.3 is 0 Å². The average Bonchev–Trinajstić information content (AvgIpc) is 3.10. The summed E-state index contributed by atoms with van der Waals surface area (Å²) in [7, 11) is 0. The Bertz CT molecular complexity index is 505. The molecule has 2 aliphatic rings. The number of carbonyl (C=O) groups is 2. The minimum absolute atomic E-state index is 0.132. The Labute approximate surface area is 98.9 Å². The lowest BCUT2D eigenvalue weighted by atomic mass is 9.96. The van der Waals surface area contributed by atoms with Gasteiger partial charge in [0.05, 0.1) is 18.6 Å². The van der Waals surface area contributed by atoms with Crippen LogP contribution in [-0.2, 0) is 11.2 Å². The van der Waals surface area contributed by atoms with Crippen LogP contribution in [0.25, 0.3) is 0 Å². The normalized spacial score (nSPS) is 21.4. The van der Waals surface area contributed by atoms with Gasteiger partial charge in [-0.2, -0.15) is 0 Å². The summed E-state index contributed by atoms with van der Waals surface area (Å²) in [6, 6.07) is 7.17. The van der Waals surface area contributed by atoms with Crippen LogP contribution in [0.5, 0.6) is 0 Å². The first-order chi connectivity index (χ1) is 8.18. The molecule has 0 aromatic heterocycles. The molecule has 1 aliphatic heterocycles. The molecule has 0 atom stereocenters. The Morgan fingerprint density at radius 2 is 1.94 bits per heavy atom. The molecule has 4 nitrogen and oxygen atoms in total. The molecular formula is C13H13NO3. The Morgan fingerprint density at radius 3 is 2.59 bits per heavy atom. The van der Waals surface area contributed by atoms with E-state index in [9.17, 15) is 14.7 Å². The van der Waals surface area contributed by atoms with Crippen molar-refractivity contribution >= 4 is 11.8 Å². The third-order valence-corrected chi connectivity index (χ3v) is 3.64. The highest BCUT2D eigenvalue weighted by Gasteiger charge is 2.54. The SMILES string of the molecule is O=C1Cc2ccccc2C(=O)N1C1(CO)CC1. The number of rotatable bonds is 2. The van der Waals surface area contributed by atoms with Crippen molar-refractivity contribution in [3.63, 3.8) is 0 Å². The van der Waals surface area contributed by atoms with Crippen LogP contribution in [0.3, 0.4) is 0 Å². The Morgan fingerprint density at radius 1 is 1.24 bits per heavy atom. The van der Waals surface area contributed by atoms with E-state index in [0.717, 1.165) is 5.56 Å². The maximum Gasteiger partial charge on any atom is 0.261 e. The van der Waals surface area contributed by atoms with E-state index in [0.29, 0.717) is 18.4 Å². The topological polar surface area (TPSA) is 57.6 Å². The fraction of sp³-hybridized carbons (Fsp3) is 0.385. The van der Waals surface area contributed by atoms with E-state index < -0.39 is 5.54 Å². The van der Waals surface area contributed by atoms with Gasteiger partial charge in [-0.1, -0.05) is 18.2 Å². The van der Waals surface area contributed by atoms with E-state index in [2.05, 4.69) is 0 Å². The molecule has 2 amide bonds. The molecule has 1 saturated carbocycles. The number of amides is 2. The molecule has 88 valence electrons. The fourth-order valence-corrected chi connectivity index (χ4v) is 2.44. The van der Waals surface area contributed by atoms with Crippen LogP contribution in [0, 0.1) is 0 Å². The minimum atomic E-state index is -0.609. The molecule has 1 aromatic carbocycles. The van der Waals surface area contributed by atoms with Crippen LogP contribution in [0.15, 0.2) is 24.3 Å². The standard InChI is InChI=1S/C13H13NO3/c15-8-13(5-6-13)14-11(16)7-9-3-1-2-4-10(9)12(14)17/h1-4,15H,5-8H2. The lowest BCUT2D eigenvalue weighted by Gasteiger charge is -2.33. The van der Waals surface area contributed by atoms with E-state index in [1.54, 1.807) is 18.2 Å². The summed E-state index contributed by atoms with van der Waals surface area (Å²) in [5.41, 5.74) is 0.765. The highest BCUT2D eigenvalue weighted by Crippen LogP contribution is 2.43. The van der Waals surface area contributed by atoms with Gasteiger partial charge < -0.3 is 5.11 Å². The smallest absolute Gasteiger partial charge is 0.261 e. The zero-order chi connectivity index (χ0) is 12.0. The van der Waals surface area contributed by atoms with Crippen molar-refractivity contribution in [3.8, 4) is 0 Å². The molecule has 0 unspecified atom stereocenters. The van der Waals surface area contributed by atoms with Gasteiger partial charge in [0.15, 0.2) is 0 Å². The highest BCUT2D eigenvalue weighted by atomic mass is 16.3. The molecule has 4 heteroatoms. The first kappa shape index (κ1) is 10.5. The van der Waals surface area contributed by atoms with Crippen LogP contribution in [0.1, 0.15) is 28.8 Å². The summed E-state index contributed by atoms with van der Waals surface area (Å²) in [4.78, 5) is 25.5. The Balaban J connectivity index is 2.05. The predicted octanol–water partition coefficient (Wildman–Crippen LogP) is 0.736. The fourth-order valence-electron chi connectivity index (χ4n) is 2.44. The maximum absolute atomic E-state index is 12.3. The third-order valence-electron chi connectivity index (χ3n) is 3.64. The van der Waals surface area contributed by atoms with Crippen molar-refractivity contribution in [2.45, 2.75) is 24.8 Å². The molecular weight excluding hydrogens is 218 g/mol. The van der Waals surface area contributed by atoms with Gasteiger partial charge in [-0.15, -0.1) is 0 Å². The number of hydrogen-bond acceptors (Lipinski definition) is 3. The molecule has 1 heterocycles. The van der Waals surface area contributed by atoms with Gasteiger partial charge in [0.1, 0.15) is 0 Å². The van der Waals surface area contributed by atoms with Crippen molar-refractivity contribution in [3.05, 3.63) is 35.4 Å². The van der Waals surface area contributed by atoms with Crippen LogP contribution < -0.4 is 0 Å². The number of aliphatic hydroxyl groups excluding tert-OH is 1. The van der Waals surface area contributed by atoms with Crippen molar-refractivity contribution in [1.82, 2.24) is 4.90 Å². The van der Waals surface area contributed by atoms with Gasteiger partial charge in [-0.25, -0.2) is 0 Å². The number of benzene rings is 1. The predicted molar refractivity (Wildman–Crippen MR) is 60.4 cm³/mol. The molecule has 1 aromatic rings. The first-order valence-corrected chi connectivity index (χ1v) is 5.74. The number of carbonyl (C=O) groups excluding carboxylic acids is 2. The van der Waals surface area contributed by atoms with Gasteiger partial charge in [-0.3, -0.25) is 14.5 Å².